The zero-order valence-corrected chi connectivity index (χ0v) is 12.0. The van der Waals surface area contributed by atoms with E-state index < -0.39 is 0 Å². The van der Waals surface area contributed by atoms with Gasteiger partial charge < -0.3 is 0 Å². The number of hydrogen-bond donors (Lipinski definition) is 2. The third-order valence-electron chi connectivity index (χ3n) is 3.44. The second-order valence-electron chi connectivity index (χ2n) is 4.80. The molecule has 1 heterocycles. The number of hydrogen-bond acceptors (Lipinski definition) is 3. The maximum absolute atomic E-state index is 5.73. The van der Waals surface area contributed by atoms with Gasteiger partial charge in [-0.05, 0) is 54.5 Å². The van der Waals surface area contributed by atoms with Crippen LogP contribution >= 0.6 is 11.3 Å². The molecule has 0 saturated heterocycles. The largest absolute Gasteiger partial charge is 0.271 e. The summed E-state index contributed by atoms with van der Waals surface area (Å²) in [6.45, 7) is 6.45. The molecule has 0 radical (unpaired) electrons. The summed E-state index contributed by atoms with van der Waals surface area (Å²) < 4.78 is 0. The van der Waals surface area contributed by atoms with Gasteiger partial charge in [-0.2, -0.15) is 0 Å². The molecular formula is C15H20N2S. The Morgan fingerprint density at radius 1 is 1.17 bits per heavy atom. The molecule has 2 rings (SSSR count). The molecule has 0 fully saturated rings. The minimum absolute atomic E-state index is 0.183. The van der Waals surface area contributed by atoms with Crippen molar-refractivity contribution in [2.45, 2.75) is 33.2 Å². The van der Waals surface area contributed by atoms with E-state index in [1.54, 1.807) is 11.3 Å². The number of rotatable bonds is 4. The van der Waals surface area contributed by atoms with Crippen LogP contribution in [0.25, 0.3) is 0 Å². The number of thiophene rings is 1. The number of hydrazine groups is 1. The summed E-state index contributed by atoms with van der Waals surface area (Å²) in [7, 11) is 0. The number of nitrogens with one attached hydrogen (secondary N) is 1. The molecule has 0 bridgehead atoms. The minimum atomic E-state index is 0.183. The van der Waals surface area contributed by atoms with Gasteiger partial charge in [0.25, 0.3) is 0 Å². The number of aryl methyl sites for hydroxylation is 3. The van der Waals surface area contributed by atoms with E-state index in [0.29, 0.717) is 0 Å². The summed E-state index contributed by atoms with van der Waals surface area (Å²) in [6, 6.07) is 8.92. The van der Waals surface area contributed by atoms with Crippen LogP contribution < -0.4 is 11.3 Å². The maximum Gasteiger partial charge on any atom is 0.0510 e. The number of nitrogens with two attached hydrogens (primary N) is 1. The summed E-state index contributed by atoms with van der Waals surface area (Å²) in [5.74, 6) is 5.73. The monoisotopic (exact) mass is 260 g/mol. The maximum atomic E-state index is 5.73. The molecule has 1 aromatic heterocycles. The van der Waals surface area contributed by atoms with E-state index in [9.17, 15) is 0 Å². The van der Waals surface area contributed by atoms with Gasteiger partial charge in [0.05, 0.1) is 6.04 Å². The van der Waals surface area contributed by atoms with Crippen LogP contribution in [0.2, 0.25) is 0 Å². The Labute approximate surface area is 113 Å². The first-order valence-corrected chi connectivity index (χ1v) is 7.06. The molecular weight excluding hydrogens is 240 g/mol. The molecule has 0 spiro atoms. The molecule has 3 N–H and O–H groups in total. The SMILES string of the molecule is Cc1cc(C)c(C(Cc2cccs2)NN)cc1C. The fourth-order valence-electron chi connectivity index (χ4n) is 2.25. The highest BCUT2D eigenvalue weighted by molar-refractivity contribution is 7.09. The Morgan fingerprint density at radius 2 is 1.89 bits per heavy atom. The first-order chi connectivity index (χ1) is 8.61. The normalized spacial score (nSPS) is 12.7. The van der Waals surface area contributed by atoms with Crippen molar-refractivity contribution < 1.29 is 0 Å². The van der Waals surface area contributed by atoms with Crippen LogP contribution in [0.5, 0.6) is 0 Å². The van der Waals surface area contributed by atoms with Gasteiger partial charge in [-0.15, -0.1) is 11.3 Å². The van der Waals surface area contributed by atoms with Gasteiger partial charge in [-0.3, -0.25) is 11.3 Å². The van der Waals surface area contributed by atoms with E-state index in [-0.39, 0.29) is 6.04 Å². The van der Waals surface area contributed by atoms with Crippen molar-refractivity contribution in [2.24, 2.45) is 5.84 Å². The van der Waals surface area contributed by atoms with Gasteiger partial charge in [-0.1, -0.05) is 18.2 Å². The standard InChI is InChI=1S/C15H20N2S/c1-10-7-12(3)14(8-11(10)2)15(17-16)9-13-5-4-6-18-13/h4-8,15,17H,9,16H2,1-3H3. The molecule has 2 nitrogen and oxygen atoms in total. The van der Waals surface area contributed by atoms with Crippen LogP contribution in [0.3, 0.4) is 0 Å². The van der Waals surface area contributed by atoms with E-state index in [1.807, 2.05) is 0 Å². The van der Waals surface area contributed by atoms with Crippen LogP contribution in [0, 0.1) is 20.8 Å². The Bertz CT molecular complexity index is 518. The molecule has 1 unspecified atom stereocenters. The quantitative estimate of drug-likeness (QED) is 0.653. The number of benzene rings is 1. The molecule has 1 atom stereocenters. The minimum Gasteiger partial charge on any atom is -0.271 e. The lowest BCUT2D eigenvalue weighted by Gasteiger charge is -2.19. The second kappa shape index (κ2) is 5.65. The van der Waals surface area contributed by atoms with Crippen molar-refractivity contribution in [1.82, 2.24) is 5.43 Å². The highest BCUT2D eigenvalue weighted by Crippen LogP contribution is 2.25. The topological polar surface area (TPSA) is 38.0 Å². The summed E-state index contributed by atoms with van der Waals surface area (Å²) in [5.41, 5.74) is 8.21. The molecule has 2 aromatic rings. The van der Waals surface area contributed by atoms with Crippen LogP contribution in [-0.4, -0.2) is 0 Å². The zero-order valence-electron chi connectivity index (χ0n) is 11.2. The van der Waals surface area contributed by atoms with Crippen molar-refractivity contribution in [3.05, 3.63) is 56.8 Å². The zero-order chi connectivity index (χ0) is 13.1. The van der Waals surface area contributed by atoms with E-state index in [0.717, 1.165) is 6.42 Å². The lowest BCUT2D eigenvalue weighted by Crippen LogP contribution is -2.30. The van der Waals surface area contributed by atoms with Gasteiger partial charge in [0.15, 0.2) is 0 Å². The van der Waals surface area contributed by atoms with Gasteiger partial charge in [-0.25, -0.2) is 0 Å². The summed E-state index contributed by atoms with van der Waals surface area (Å²) in [4.78, 5) is 1.36. The molecule has 18 heavy (non-hydrogen) atoms. The third-order valence-corrected chi connectivity index (χ3v) is 4.34. The first-order valence-electron chi connectivity index (χ1n) is 6.18. The highest BCUT2D eigenvalue weighted by atomic mass is 32.1. The van der Waals surface area contributed by atoms with Crippen LogP contribution in [-0.2, 0) is 6.42 Å². The molecule has 96 valence electrons. The van der Waals surface area contributed by atoms with E-state index in [2.05, 4.69) is 55.8 Å². The van der Waals surface area contributed by atoms with Crippen molar-refractivity contribution in [1.29, 1.82) is 0 Å². The van der Waals surface area contributed by atoms with Crippen molar-refractivity contribution in [2.75, 3.05) is 0 Å². The van der Waals surface area contributed by atoms with Crippen molar-refractivity contribution in [3.8, 4) is 0 Å². The van der Waals surface area contributed by atoms with Crippen LogP contribution in [0.4, 0.5) is 0 Å². The summed E-state index contributed by atoms with van der Waals surface area (Å²) in [6.07, 6.45) is 0.942. The summed E-state index contributed by atoms with van der Waals surface area (Å²) >= 11 is 1.78. The lowest BCUT2D eigenvalue weighted by atomic mass is 9.94. The predicted octanol–water partition coefficient (Wildman–Crippen LogP) is 3.42. The Balaban J connectivity index is 2.30. The Morgan fingerprint density at radius 3 is 2.50 bits per heavy atom. The average Bonchev–Trinajstić information content (AvgIpc) is 2.84. The molecule has 1 aromatic carbocycles. The fraction of sp³-hybridized carbons (Fsp3) is 0.333. The molecule has 0 aliphatic rings. The Kier molecular flexibility index (Phi) is 4.17. The smallest absolute Gasteiger partial charge is 0.0510 e. The van der Waals surface area contributed by atoms with Gasteiger partial charge >= 0.3 is 0 Å². The van der Waals surface area contributed by atoms with Crippen LogP contribution in [0.15, 0.2) is 29.6 Å². The second-order valence-corrected chi connectivity index (χ2v) is 5.83. The van der Waals surface area contributed by atoms with E-state index >= 15 is 0 Å². The summed E-state index contributed by atoms with van der Waals surface area (Å²) in [5, 5.41) is 2.11. The molecule has 3 heteroatoms. The van der Waals surface area contributed by atoms with E-state index in [4.69, 9.17) is 5.84 Å². The van der Waals surface area contributed by atoms with Gasteiger partial charge in [0.2, 0.25) is 0 Å². The fourth-order valence-corrected chi connectivity index (χ4v) is 3.00. The molecule has 0 amide bonds. The molecule has 0 saturated carbocycles. The van der Waals surface area contributed by atoms with Crippen LogP contribution in [0.1, 0.15) is 33.2 Å². The molecule has 0 aliphatic heterocycles. The van der Waals surface area contributed by atoms with Crippen molar-refractivity contribution in [3.63, 3.8) is 0 Å². The van der Waals surface area contributed by atoms with Crippen molar-refractivity contribution >= 4 is 11.3 Å². The van der Waals surface area contributed by atoms with Gasteiger partial charge in [0, 0.05) is 11.3 Å². The lowest BCUT2D eigenvalue weighted by molar-refractivity contribution is 0.552. The van der Waals surface area contributed by atoms with E-state index in [1.165, 1.54) is 27.1 Å². The Hall–Kier alpha value is -1.16. The van der Waals surface area contributed by atoms with Gasteiger partial charge in [0.1, 0.15) is 0 Å². The highest BCUT2D eigenvalue weighted by Gasteiger charge is 2.14. The first kappa shape index (κ1) is 13.3. The third kappa shape index (κ3) is 2.80. The predicted molar refractivity (Wildman–Crippen MR) is 78.7 cm³/mol. The average molecular weight is 260 g/mol. The molecule has 0 aliphatic carbocycles.